The Kier molecular flexibility index (Phi) is 3.77. The Morgan fingerprint density at radius 1 is 0.643 bits per heavy atom. The summed E-state index contributed by atoms with van der Waals surface area (Å²) in [5.74, 6) is 0. The highest BCUT2D eigenvalue weighted by molar-refractivity contribution is 6.08. The van der Waals surface area contributed by atoms with Gasteiger partial charge in [-0.15, -0.1) is 0 Å². The highest BCUT2D eigenvalue weighted by Gasteiger charge is 2.44. The fourth-order valence-corrected chi connectivity index (χ4v) is 5.15. The summed E-state index contributed by atoms with van der Waals surface area (Å²) in [5.41, 5.74) is 6.08. The lowest BCUT2D eigenvalue weighted by molar-refractivity contribution is 0.373. The topological polar surface area (TPSA) is 12.5 Å². The molecule has 28 heavy (non-hydrogen) atoms. The molecule has 0 radical (unpaired) electrons. The fourth-order valence-electron chi connectivity index (χ4n) is 5.15. The predicted molar refractivity (Wildman–Crippen MR) is 116 cm³/mol. The molecule has 1 aliphatic heterocycles. The van der Waals surface area contributed by atoms with Crippen molar-refractivity contribution in [2.75, 3.05) is 0 Å². The minimum atomic E-state index is 0.389. The van der Waals surface area contributed by atoms with Gasteiger partial charge >= 0.3 is 0 Å². The molecule has 3 aliphatic rings. The van der Waals surface area contributed by atoms with Gasteiger partial charge in [-0.05, 0) is 75.9 Å². The van der Waals surface area contributed by atoms with Crippen molar-refractivity contribution in [1.82, 2.24) is 0 Å². The van der Waals surface area contributed by atoms with E-state index >= 15 is 0 Å². The van der Waals surface area contributed by atoms with Gasteiger partial charge in [-0.1, -0.05) is 72.8 Å². The maximum absolute atomic E-state index is 5.74. The van der Waals surface area contributed by atoms with E-state index in [0.717, 1.165) is 6.42 Å². The Bertz CT molecular complexity index is 1170. The standard InChI is InChI=1S/C18H14O.C9H10/c1-2-4-12-11(3-1)5-6-14-13(12)7-8-16-15(14)9-10-17-18(16)19-17;1-2-5-9-7-3-6-8(9)4-1/h1-8,17-18H,9-10H2;1-2,4-5H,3,6-7H2. The molecule has 0 amide bonds. The smallest absolute Gasteiger partial charge is 0.109 e. The fraction of sp³-hybridized carbons (Fsp3) is 0.259. The van der Waals surface area contributed by atoms with E-state index in [2.05, 4.69) is 72.8 Å². The van der Waals surface area contributed by atoms with Crippen LogP contribution in [0, 0.1) is 0 Å². The molecule has 138 valence electrons. The predicted octanol–water partition coefficient (Wildman–Crippen LogP) is 6.55. The van der Waals surface area contributed by atoms with Gasteiger partial charge in [0, 0.05) is 0 Å². The van der Waals surface area contributed by atoms with E-state index in [9.17, 15) is 0 Å². The number of epoxide rings is 1. The second-order valence-corrected chi connectivity index (χ2v) is 8.27. The van der Waals surface area contributed by atoms with Gasteiger partial charge in [0.25, 0.3) is 0 Å². The minimum absolute atomic E-state index is 0.389. The highest BCUT2D eigenvalue weighted by atomic mass is 16.6. The Labute approximate surface area is 166 Å². The molecule has 7 rings (SSSR count). The lowest BCUT2D eigenvalue weighted by Gasteiger charge is -2.16. The molecule has 1 fully saturated rings. The lowest BCUT2D eigenvalue weighted by atomic mass is 9.86. The van der Waals surface area contributed by atoms with Crippen LogP contribution < -0.4 is 0 Å². The Morgan fingerprint density at radius 3 is 2.25 bits per heavy atom. The van der Waals surface area contributed by atoms with E-state index in [4.69, 9.17) is 4.74 Å². The molecule has 0 saturated carbocycles. The van der Waals surface area contributed by atoms with Gasteiger partial charge in [-0.25, -0.2) is 0 Å². The maximum atomic E-state index is 5.74. The van der Waals surface area contributed by atoms with Crippen molar-refractivity contribution >= 4 is 21.5 Å². The first-order valence-electron chi connectivity index (χ1n) is 10.5. The number of rotatable bonds is 0. The van der Waals surface area contributed by atoms with Crippen molar-refractivity contribution in [3.8, 4) is 0 Å². The first kappa shape index (κ1) is 16.3. The Morgan fingerprint density at radius 2 is 1.39 bits per heavy atom. The van der Waals surface area contributed by atoms with Crippen molar-refractivity contribution in [3.05, 3.63) is 95.1 Å². The van der Waals surface area contributed by atoms with Crippen molar-refractivity contribution in [3.63, 3.8) is 0 Å². The molecule has 0 bridgehead atoms. The summed E-state index contributed by atoms with van der Waals surface area (Å²) < 4.78 is 5.74. The van der Waals surface area contributed by atoms with Crippen LogP contribution in [0.2, 0.25) is 0 Å². The highest BCUT2D eigenvalue weighted by Crippen LogP contribution is 2.48. The SMILES string of the molecule is c1ccc2c(c1)CCC2.c1ccc2c(c1)ccc1c3c(ccc12)C1OC1CC3. The number of hydrogen-bond acceptors (Lipinski definition) is 1. The van der Waals surface area contributed by atoms with Crippen LogP contribution in [-0.4, -0.2) is 6.10 Å². The summed E-state index contributed by atoms with van der Waals surface area (Å²) >= 11 is 0. The number of hydrogen-bond donors (Lipinski definition) is 0. The van der Waals surface area contributed by atoms with Crippen LogP contribution in [0.1, 0.15) is 41.2 Å². The first-order chi connectivity index (χ1) is 13.9. The number of benzene rings is 4. The Hall–Kier alpha value is -2.64. The molecule has 0 aromatic heterocycles. The van der Waals surface area contributed by atoms with E-state index in [1.807, 2.05) is 0 Å². The average molecular weight is 364 g/mol. The third kappa shape index (κ3) is 2.65. The zero-order valence-electron chi connectivity index (χ0n) is 16.0. The molecule has 2 atom stereocenters. The van der Waals surface area contributed by atoms with Crippen molar-refractivity contribution in [1.29, 1.82) is 0 Å². The van der Waals surface area contributed by atoms with Gasteiger partial charge in [0.2, 0.25) is 0 Å². The molecule has 0 N–H and O–H groups in total. The first-order valence-corrected chi connectivity index (χ1v) is 10.5. The molecule has 1 nitrogen and oxygen atoms in total. The van der Waals surface area contributed by atoms with E-state index in [1.54, 1.807) is 11.1 Å². The van der Waals surface area contributed by atoms with E-state index in [0.29, 0.717) is 12.2 Å². The number of aryl methyl sites for hydroxylation is 3. The molecular weight excluding hydrogens is 340 g/mol. The third-order valence-electron chi connectivity index (χ3n) is 6.65. The second-order valence-electron chi connectivity index (χ2n) is 8.27. The van der Waals surface area contributed by atoms with Crippen LogP contribution in [0.5, 0.6) is 0 Å². The summed E-state index contributed by atoms with van der Waals surface area (Å²) in [5, 5.41) is 5.49. The molecule has 4 aromatic carbocycles. The zero-order valence-corrected chi connectivity index (χ0v) is 16.0. The van der Waals surface area contributed by atoms with Crippen molar-refractivity contribution < 1.29 is 4.74 Å². The van der Waals surface area contributed by atoms with E-state index in [-0.39, 0.29) is 0 Å². The molecule has 2 unspecified atom stereocenters. The molecule has 1 saturated heterocycles. The molecule has 1 heterocycles. The normalized spacial score (nSPS) is 21.4. The van der Waals surface area contributed by atoms with Gasteiger partial charge in [-0.2, -0.15) is 0 Å². The number of ether oxygens (including phenoxy) is 1. The summed E-state index contributed by atoms with van der Waals surface area (Å²) in [4.78, 5) is 0. The molecule has 1 heteroatoms. The van der Waals surface area contributed by atoms with Crippen LogP contribution in [-0.2, 0) is 24.0 Å². The van der Waals surface area contributed by atoms with Gasteiger partial charge < -0.3 is 4.74 Å². The van der Waals surface area contributed by atoms with Crippen LogP contribution in [0.25, 0.3) is 21.5 Å². The van der Waals surface area contributed by atoms with Gasteiger partial charge in [0.1, 0.15) is 6.10 Å². The molecule has 2 aliphatic carbocycles. The minimum Gasteiger partial charge on any atom is -0.364 e. The second kappa shape index (κ2) is 6.46. The largest absolute Gasteiger partial charge is 0.364 e. The van der Waals surface area contributed by atoms with Crippen molar-refractivity contribution in [2.45, 2.75) is 44.3 Å². The van der Waals surface area contributed by atoms with Crippen LogP contribution in [0.3, 0.4) is 0 Å². The Balaban J connectivity index is 0.000000145. The van der Waals surface area contributed by atoms with Gasteiger partial charge in [-0.3, -0.25) is 0 Å². The van der Waals surface area contributed by atoms with Crippen molar-refractivity contribution in [2.24, 2.45) is 0 Å². The lowest BCUT2D eigenvalue weighted by Crippen LogP contribution is -2.04. The summed E-state index contributed by atoms with van der Waals surface area (Å²) in [6.07, 6.45) is 7.20. The monoisotopic (exact) mass is 364 g/mol. The molecular formula is C27H24O. The van der Waals surface area contributed by atoms with E-state index in [1.165, 1.54) is 58.4 Å². The van der Waals surface area contributed by atoms with Crippen LogP contribution >= 0.6 is 0 Å². The number of fused-ring (bicyclic) bond motifs is 8. The summed E-state index contributed by atoms with van der Waals surface area (Å²) in [6.45, 7) is 0. The third-order valence-corrected chi connectivity index (χ3v) is 6.65. The quantitative estimate of drug-likeness (QED) is 0.254. The average Bonchev–Trinajstić information content (AvgIpc) is 3.41. The van der Waals surface area contributed by atoms with Crippen LogP contribution in [0.15, 0.2) is 72.8 Å². The summed E-state index contributed by atoms with van der Waals surface area (Å²) in [7, 11) is 0. The van der Waals surface area contributed by atoms with Gasteiger partial charge in [0.15, 0.2) is 0 Å². The van der Waals surface area contributed by atoms with E-state index < -0.39 is 0 Å². The molecule has 0 spiro atoms. The summed E-state index contributed by atoms with van der Waals surface area (Å²) in [6, 6.07) is 26.5. The zero-order chi connectivity index (χ0) is 18.5. The molecule has 4 aromatic rings. The van der Waals surface area contributed by atoms with Gasteiger partial charge in [0.05, 0.1) is 6.10 Å². The maximum Gasteiger partial charge on any atom is 0.109 e. The van der Waals surface area contributed by atoms with Crippen LogP contribution in [0.4, 0.5) is 0 Å².